The third kappa shape index (κ3) is 2.36. The highest BCUT2D eigenvalue weighted by Gasteiger charge is 2.11. The van der Waals surface area contributed by atoms with E-state index >= 15 is 0 Å². The van der Waals surface area contributed by atoms with Gasteiger partial charge in [-0.15, -0.1) is 0 Å². The molecule has 0 unspecified atom stereocenters. The normalized spacial score (nSPS) is 13.4. The summed E-state index contributed by atoms with van der Waals surface area (Å²) in [5, 5.41) is 7.57. The molecule has 2 heterocycles. The lowest BCUT2D eigenvalue weighted by molar-refractivity contribution is 0.357. The van der Waals surface area contributed by atoms with E-state index in [1.54, 1.807) is 11.0 Å². The lowest BCUT2D eigenvalue weighted by atomic mass is 10.1. The minimum Gasteiger partial charge on any atom is -0.493 e. The molecule has 5 heteroatoms. The number of aryl methyl sites for hydroxylation is 1. The molecule has 2 aromatic rings. The maximum absolute atomic E-state index is 5.49. The van der Waals surface area contributed by atoms with Crippen molar-refractivity contribution >= 4 is 0 Å². The van der Waals surface area contributed by atoms with Gasteiger partial charge in [-0.1, -0.05) is 12.1 Å². The van der Waals surface area contributed by atoms with Crippen LogP contribution in [-0.4, -0.2) is 21.4 Å². The molecule has 1 aromatic heterocycles. The first-order valence-corrected chi connectivity index (χ1v) is 6.11. The van der Waals surface area contributed by atoms with Crippen LogP contribution in [0.3, 0.4) is 0 Å². The fraction of sp³-hybridized carbons (Fsp3) is 0.385. The maximum atomic E-state index is 5.49. The lowest BCUT2D eigenvalue weighted by Crippen LogP contribution is -2.14. The Balaban J connectivity index is 1.57. The number of hydrogen-bond acceptors (Lipinski definition) is 4. The molecule has 0 radical (unpaired) electrons. The van der Waals surface area contributed by atoms with E-state index in [1.165, 1.54) is 11.1 Å². The molecular formula is C13H16N4O. The molecule has 0 spiro atoms. The Hall–Kier alpha value is -1.88. The van der Waals surface area contributed by atoms with Crippen molar-refractivity contribution in [3.05, 3.63) is 41.5 Å². The van der Waals surface area contributed by atoms with E-state index in [0.717, 1.165) is 31.1 Å². The molecule has 0 amide bonds. The summed E-state index contributed by atoms with van der Waals surface area (Å²) < 4.78 is 7.20. The Morgan fingerprint density at radius 2 is 2.33 bits per heavy atom. The van der Waals surface area contributed by atoms with Crippen molar-refractivity contribution in [2.45, 2.75) is 19.5 Å². The molecule has 94 valence electrons. The second kappa shape index (κ2) is 4.78. The van der Waals surface area contributed by atoms with Gasteiger partial charge in [0.1, 0.15) is 12.1 Å². The largest absolute Gasteiger partial charge is 0.493 e. The number of nitrogens with one attached hydrogen (secondary N) is 1. The van der Waals surface area contributed by atoms with E-state index in [9.17, 15) is 0 Å². The van der Waals surface area contributed by atoms with Gasteiger partial charge in [-0.05, 0) is 17.2 Å². The molecule has 1 aliphatic heterocycles. The molecule has 0 saturated carbocycles. The van der Waals surface area contributed by atoms with Gasteiger partial charge < -0.3 is 10.1 Å². The highest BCUT2D eigenvalue weighted by atomic mass is 16.5. The van der Waals surface area contributed by atoms with Crippen molar-refractivity contribution in [1.29, 1.82) is 0 Å². The van der Waals surface area contributed by atoms with Crippen molar-refractivity contribution in [2.24, 2.45) is 7.05 Å². The second-order valence-electron chi connectivity index (χ2n) is 4.48. The van der Waals surface area contributed by atoms with Crippen molar-refractivity contribution in [2.75, 3.05) is 6.61 Å². The van der Waals surface area contributed by atoms with E-state index in [-0.39, 0.29) is 0 Å². The number of rotatable bonds is 4. The van der Waals surface area contributed by atoms with E-state index in [0.29, 0.717) is 6.54 Å². The zero-order valence-electron chi connectivity index (χ0n) is 10.4. The SMILES string of the molecule is Cn1cnc(CNCc2ccc3c(c2)CCO3)n1. The average Bonchev–Trinajstić information content (AvgIpc) is 2.97. The first kappa shape index (κ1) is 11.2. The van der Waals surface area contributed by atoms with Crippen LogP contribution in [0, 0.1) is 0 Å². The van der Waals surface area contributed by atoms with E-state index < -0.39 is 0 Å². The van der Waals surface area contributed by atoms with Crippen LogP contribution < -0.4 is 10.1 Å². The number of aromatic nitrogens is 3. The number of ether oxygens (including phenoxy) is 1. The second-order valence-corrected chi connectivity index (χ2v) is 4.48. The predicted molar refractivity (Wildman–Crippen MR) is 67.2 cm³/mol. The lowest BCUT2D eigenvalue weighted by Gasteiger charge is -2.05. The Bertz CT molecular complexity index is 550. The summed E-state index contributed by atoms with van der Waals surface area (Å²) in [5.41, 5.74) is 2.58. The zero-order chi connectivity index (χ0) is 12.4. The summed E-state index contributed by atoms with van der Waals surface area (Å²) in [5.74, 6) is 1.85. The smallest absolute Gasteiger partial charge is 0.164 e. The fourth-order valence-electron chi connectivity index (χ4n) is 2.13. The average molecular weight is 244 g/mol. The third-order valence-corrected chi connectivity index (χ3v) is 3.01. The van der Waals surface area contributed by atoms with E-state index in [4.69, 9.17) is 4.74 Å². The van der Waals surface area contributed by atoms with Gasteiger partial charge in [0.25, 0.3) is 0 Å². The van der Waals surface area contributed by atoms with Crippen LogP contribution in [0.1, 0.15) is 17.0 Å². The number of nitrogens with zero attached hydrogens (tertiary/aromatic N) is 3. The Kier molecular flexibility index (Phi) is 2.98. The molecule has 0 saturated heterocycles. The summed E-state index contributed by atoms with van der Waals surface area (Å²) in [4.78, 5) is 4.17. The molecule has 0 bridgehead atoms. The predicted octanol–water partition coefficient (Wildman–Crippen LogP) is 1.04. The van der Waals surface area contributed by atoms with Crippen LogP contribution in [-0.2, 0) is 26.6 Å². The van der Waals surface area contributed by atoms with Gasteiger partial charge >= 0.3 is 0 Å². The van der Waals surface area contributed by atoms with Crippen LogP contribution in [0.25, 0.3) is 0 Å². The maximum Gasteiger partial charge on any atom is 0.164 e. The summed E-state index contributed by atoms with van der Waals surface area (Å²) in [6.07, 6.45) is 2.73. The van der Waals surface area contributed by atoms with Crippen molar-refractivity contribution in [1.82, 2.24) is 20.1 Å². The zero-order valence-corrected chi connectivity index (χ0v) is 10.4. The molecule has 0 fully saturated rings. The third-order valence-electron chi connectivity index (χ3n) is 3.01. The summed E-state index contributed by atoms with van der Waals surface area (Å²) >= 11 is 0. The minimum absolute atomic E-state index is 0.689. The molecule has 0 atom stereocenters. The summed E-state index contributed by atoms with van der Waals surface area (Å²) in [7, 11) is 1.87. The quantitative estimate of drug-likeness (QED) is 0.873. The molecule has 1 N–H and O–H groups in total. The van der Waals surface area contributed by atoms with Crippen molar-refractivity contribution in [3.63, 3.8) is 0 Å². The van der Waals surface area contributed by atoms with Gasteiger partial charge in [0, 0.05) is 20.0 Å². The molecular weight excluding hydrogens is 228 g/mol. The van der Waals surface area contributed by atoms with Crippen LogP contribution in [0.15, 0.2) is 24.5 Å². The fourth-order valence-corrected chi connectivity index (χ4v) is 2.13. The van der Waals surface area contributed by atoms with Gasteiger partial charge in [-0.3, -0.25) is 4.68 Å². The van der Waals surface area contributed by atoms with Crippen molar-refractivity contribution in [3.8, 4) is 5.75 Å². The van der Waals surface area contributed by atoms with Gasteiger partial charge in [0.2, 0.25) is 0 Å². The van der Waals surface area contributed by atoms with Gasteiger partial charge in [0.15, 0.2) is 5.82 Å². The summed E-state index contributed by atoms with van der Waals surface area (Å²) in [6, 6.07) is 6.36. The van der Waals surface area contributed by atoms with Crippen LogP contribution in [0.2, 0.25) is 0 Å². The van der Waals surface area contributed by atoms with Crippen LogP contribution in [0.4, 0.5) is 0 Å². The van der Waals surface area contributed by atoms with E-state index in [2.05, 4.69) is 33.6 Å². The van der Waals surface area contributed by atoms with E-state index in [1.807, 2.05) is 7.05 Å². The highest BCUT2D eigenvalue weighted by Crippen LogP contribution is 2.25. The molecule has 5 nitrogen and oxygen atoms in total. The molecule has 1 aliphatic rings. The molecule has 3 rings (SSSR count). The van der Waals surface area contributed by atoms with Crippen LogP contribution in [0.5, 0.6) is 5.75 Å². The first-order chi connectivity index (χ1) is 8.81. The number of hydrogen-bond donors (Lipinski definition) is 1. The minimum atomic E-state index is 0.689. The monoisotopic (exact) mass is 244 g/mol. The standard InChI is InChI=1S/C13H16N4O/c1-17-9-15-13(16-17)8-14-7-10-2-3-12-11(6-10)4-5-18-12/h2-3,6,9,14H,4-5,7-8H2,1H3. The first-order valence-electron chi connectivity index (χ1n) is 6.11. The van der Waals surface area contributed by atoms with Gasteiger partial charge in [-0.25, -0.2) is 4.98 Å². The topological polar surface area (TPSA) is 52.0 Å². The van der Waals surface area contributed by atoms with Crippen molar-refractivity contribution < 1.29 is 4.74 Å². The Labute approximate surface area is 106 Å². The summed E-state index contributed by atoms with van der Waals surface area (Å²) in [6.45, 7) is 2.32. The van der Waals surface area contributed by atoms with Gasteiger partial charge in [0.05, 0.1) is 13.2 Å². The van der Waals surface area contributed by atoms with Crippen LogP contribution >= 0.6 is 0 Å². The van der Waals surface area contributed by atoms with Gasteiger partial charge in [-0.2, -0.15) is 5.10 Å². The Morgan fingerprint density at radius 1 is 1.39 bits per heavy atom. The molecule has 1 aromatic carbocycles. The highest BCUT2D eigenvalue weighted by molar-refractivity contribution is 5.39. The molecule has 18 heavy (non-hydrogen) atoms. The number of benzene rings is 1. The Morgan fingerprint density at radius 3 is 3.17 bits per heavy atom. The number of fused-ring (bicyclic) bond motifs is 1. The molecule has 0 aliphatic carbocycles.